The van der Waals surface area contributed by atoms with Crippen molar-refractivity contribution in [3.63, 3.8) is 0 Å². The number of nitrogens with one attached hydrogen (secondary N) is 3. The number of amides is 2. The molecule has 274 valence electrons. The monoisotopic (exact) mass is 760 g/mol. The lowest BCUT2D eigenvalue weighted by Gasteiger charge is -2.13. The van der Waals surface area contributed by atoms with E-state index in [-0.39, 0.29) is 23.7 Å². The number of benzene rings is 4. The van der Waals surface area contributed by atoms with E-state index in [9.17, 15) is 9.59 Å². The number of aromatic nitrogens is 3. The molecule has 3 N–H and O–H groups in total. The van der Waals surface area contributed by atoms with Crippen molar-refractivity contribution >= 4 is 78.2 Å². The SMILES string of the molecule is Cc1ccccc1C(=O)NC1=NC(=Cc2[nH]c(NC(=O)c3ccccc3C)c(-c3nc4ccccc4s3)c2C(C)C)C(C(C)C)=C1c1nc2ccccc2s1. The lowest BCUT2D eigenvalue weighted by molar-refractivity contribution is 0.0975. The summed E-state index contributed by atoms with van der Waals surface area (Å²) in [6.45, 7) is 12.4. The maximum Gasteiger partial charge on any atom is 0.257 e. The number of aliphatic imine (C=N–C) groups is 1. The predicted molar refractivity (Wildman–Crippen MR) is 228 cm³/mol. The number of nitrogens with zero attached hydrogens (tertiary/aromatic N) is 3. The van der Waals surface area contributed by atoms with Gasteiger partial charge in [-0.3, -0.25) is 9.59 Å². The second-order valence-electron chi connectivity index (χ2n) is 14.3. The number of carbonyl (C=O) groups is 2. The molecule has 1 aliphatic heterocycles. The quantitative estimate of drug-likeness (QED) is 0.143. The zero-order valence-corrected chi connectivity index (χ0v) is 33.1. The third-order valence-corrected chi connectivity index (χ3v) is 11.9. The summed E-state index contributed by atoms with van der Waals surface area (Å²) in [4.78, 5) is 46.7. The number of allylic oxidation sites excluding steroid dienone is 1. The Labute approximate surface area is 327 Å². The molecule has 0 atom stereocenters. The summed E-state index contributed by atoms with van der Waals surface area (Å²) in [7, 11) is 0. The van der Waals surface area contributed by atoms with E-state index in [1.807, 2.05) is 105 Å². The number of hydrogen-bond acceptors (Lipinski definition) is 7. The summed E-state index contributed by atoms with van der Waals surface area (Å²) >= 11 is 3.18. The van der Waals surface area contributed by atoms with Crippen LogP contribution >= 0.6 is 22.7 Å². The van der Waals surface area contributed by atoms with Crippen LogP contribution in [0.2, 0.25) is 0 Å². The Morgan fingerprint density at radius 2 is 1.20 bits per heavy atom. The van der Waals surface area contributed by atoms with Crippen molar-refractivity contribution in [2.45, 2.75) is 47.5 Å². The minimum atomic E-state index is -0.234. The van der Waals surface area contributed by atoms with Crippen molar-refractivity contribution in [2.75, 3.05) is 5.32 Å². The maximum atomic E-state index is 13.9. The predicted octanol–water partition coefficient (Wildman–Crippen LogP) is 11.2. The largest absolute Gasteiger partial charge is 0.341 e. The molecule has 0 aliphatic carbocycles. The first-order chi connectivity index (χ1) is 26.6. The van der Waals surface area contributed by atoms with Gasteiger partial charge >= 0.3 is 0 Å². The molecule has 0 saturated carbocycles. The van der Waals surface area contributed by atoms with E-state index in [2.05, 4.69) is 55.4 Å². The third-order valence-electron chi connectivity index (χ3n) is 9.78. The van der Waals surface area contributed by atoms with Crippen LogP contribution in [0, 0.1) is 19.8 Å². The fourth-order valence-corrected chi connectivity index (χ4v) is 9.22. The summed E-state index contributed by atoms with van der Waals surface area (Å²) in [6, 6.07) is 31.2. The van der Waals surface area contributed by atoms with Gasteiger partial charge in [0, 0.05) is 16.8 Å². The highest BCUT2D eigenvalue weighted by molar-refractivity contribution is 7.21. The Kier molecular flexibility index (Phi) is 9.63. The van der Waals surface area contributed by atoms with Gasteiger partial charge in [-0.2, -0.15) is 0 Å². The summed E-state index contributed by atoms with van der Waals surface area (Å²) in [5.74, 6) is 0.638. The molecule has 0 bridgehead atoms. The standard InChI is InChI=1S/C45H40N6O2S2/c1-24(2)36-32(46-40(50-42(52)28-17-9-7-15-26(28)5)38(36)44-48-30-19-11-13-21-34(30)54-44)23-33-37(25(3)4)39(45-49-31-20-12-14-22-35(31)55-45)41(47-33)51-43(53)29-18-10-8-16-27(29)6/h7-25,46H,1-6H3,(H,50,52)(H,47,51,53). The Balaban J connectivity index is 1.33. The van der Waals surface area contributed by atoms with Crippen LogP contribution in [0.15, 0.2) is 113 Å². The molecule has 0 spiro atoms. The van der Waals surface area contributed by atoms with E-state index >= 15 is 0 Å². The highest BCUT2D eigenvalue weighted by Crippen LogP contribution is 2.45. The van der Waals surface area contributed by atoms with E-state index < -0.39 is 0 Å². The first-order valence-corrected chi connectivity index (χ1v) is 20.0. The van der Waals surface area contributed by atoms with Crippen LogP contribution < -0.4 is 10.6 Å². The van der Waals surface area contributed by atoms with Crippen molar-refractivity contribution in [2.24, 2.45) is 10.9 Å². The van der Waals surface area contributed by atoms with Crippen molar-refractivity contribution in [1.29, 1.82) is 0 Å². The lowest BCUT2D eigenvalue weighted by Crippen LogP contribution is -2.31. The fraction of sp³-hybridized carbons (Fsp3) is 0.178. The molecule has 4 heterocycles. The molecular formula is C45H40N6O2S2. The lowest BCUT2D eigenvalue weighted by atomic mass is 9.93. The van der Waals surface area contributed by atoms with E-state index in [1.54, 1.807) is 22.7 Å². The van der Waals surface area contributed by atoms with E-state index in [0.717, 1.165) is 69.5 Å². The Bertz CT molecular complexity index is 2680. The van der Waals surface area contributed by atoms with Crippen LogP contribution in [-0.2, 0) is 0 Å². The molecular weight excluding hydrogens is 721 g/mol. The summed E-state index contributed by atoms with van der Waals surface area (Å²) < 4.78 is 2.11. The molecule has 8 nitrogen and oxygen atoms in total. The smallest absolute Gasteiger partial charge is 0.257 e. The number of rotatable bonds is 8. The van der Waals surface area contributed by atoms with Gasteiger partial charge in [-0.15, -0.1) is 22.7 Å². The zero-order valence-electron chi connectivity index (χ0n) is 31.4. The van der Waals surface area contributed by atoms with Crippen molar-refractivity contribution in [3.05, 3.63) is 147 Å². The van der Waals surface area contributed by atoms with Gasteiger partial charge in [0.05, 0.1) is 37.3 Å². The van der Waals surface area contributed by atoms with Gasteiger partial charge in [0.2, 0.25) is 0 Å². The third kappa shape index (κ3) is 6.83. The molecule has 1 aliphatic rings. The molecule has 0 unspecified atom stereocenters. The number of anilines is 1. The normalized spacial score (nSPS) is 13.8. The van der Waals surface area contributed by atoms with Gasteiger partial charge in [-0.25, -0.2) is 15.0 Å². The van der Waals surface area contributed by atoms with E-state index in [0.29, 0.717) is 28.5 Å². The van der Waals surface area contributed by atoms with Crippen molar-refractivity contribution in [3.8, 4) is 10.6 Å². The van der Waals surface area contributed by atoms with E-state index in [1.165, 1.54) is 0 Å². The van der Waals surface area contributed by atoms with Gasteiger partial charge in [-0.05, 0) is 90.4 Å². The van der Waals surface area contributed by atoms with Crippen LogP contribution in [0.25, 0.3) is 42.7 Å². The van der Waals surface area contributed by atoms with Gasteiger partial charge in [0.15, 0.2) is 0 Å². The molecule has 8 rings (SSSR count). The van der Waals surface area contributed by atoms with E-state index in [4.69, 9.17) is 15.0 Å². The first kappa shape index (κ1) is 36.0. The highest BCUT2D eigenvalue weighted by Gasteiger charge is 2.32. The van der Waals surface area contributed by atoms with Crippen LogP contribution in [0.5, 0.6) is 0 Å². The van der Waals surface area contributed by atoms with Gasteiger partial charge < -0.3 is 15.6 Å². The fourth-order valence-electron chi connectivity index (χ4n) is 7.16. The number of aryl methyl sites for hydroxylation is 2. The number of thiazole rings is 2. The number of carbonyl (C=O) groups excluding carboxylic acids is 2. The molecule has 55 heavy (non-hydrogen) atoms. The van der Waals surface area contributed by atoms with Crippen LogP contribution in [-0.4, -0.2) is 32.6 Å². The second kappa shape index (κ2) is 14.7. The Morgan fingerprint density at radius 3 is 1.76 bits per heavy atom. The highest BCUT2D eigenvalue weighted by atomic mass is 32.1. The van der Waals surface area contributed by atoms with Crippen molar-refractivity contribution < 1.29 is 9.59 Å². The zero-order chi connectivity index (χ0) is 38.4. The number of fused-ring (bicyclic) bond motifs is 2. The Morgan fingerprint density at radius 1 is 0.673 bits per heavy atom. The molecule has 10 heteroatoms. The minimum absolute atomic E-state index is 0.0197. The molecule has 0 saturated heterocycles. The summed E-state index contributed by atoms with van der Waals surface area (Å²) in [5, 5.41) is 7.99. The van der Waals surface area contributed by atoms with Gasteiger partial charge in [0.1, 0.15) is 21.7 Å². The molecule has 3 aromatic heterocycles. The minimum Gasteiger partial charge on any atom is -0.341 e. The van der Waals surface area contributed by atoms with Crippen LogP contribution in [0.4, 0.5) is 5.82 Å². The van der Waals surface area contributed by atoms with Crippen molar-refractivity contribution in [1.82, 2.24) is 20.3 Å². The molecule has 7 aromatic rings. The number of amidine groups is 1. The average Bonchev–Trinajstić information content (AvgIpc) is 3.94. The average molecular weight is 761 g/mol. The number of para-hydroxylation sites is 2. The maximum absolute atomic E-state index is 13.9. The number of aromatic amines is 1. The van der Waals surface area contributed by atoms with Gasteiger partial charge in [0.25, 0.3) is 11.8 Å². The molecule has 0 fully saturated rings. The Hall–Kier alpha value is -5.97. The van der Waals surface area contributed by atoms with Gasteiger partial charge in [-0.1, -0.05) is 88.4 Å². The number of H-pyrrole nitrogens is 1. The molecule has 4 aromatic carbocycles. The topological polar surface area (TPSA) is 112 Å². The van der Waals surface area contributed by atoms with Crippen LogP contribution in [0.1, 0.15) is 81.7 Å². The first-order valence-electron chi connectivity index (χ1n) is 18.3. The molecule has 0 radical (unpaired) electrons. The second-order valence-corrected chi connectivity index (χ2v) is 16.4. The molecule has 2 amide bonds. The van der Waals surface area contributed by atoms with Crippen LogP contribution in [0.3, 0.4) is 0 Å². The summed E-state index contributed by atoms with van der Waals surface area (Å²) in [6.07, 6.45) is 2.05. The number of hydrogen-bond donors (Lipinski definition) is 3. The summed E-state index contributed by atoms with van der Waals surface area (Å²) in [5.41, 5.74) is 9.86.